The first-order chi connectivity index (χ1) is 15.3. The van der Waals surface area contributed by atoms with Crippen LogP contribution in [0.5, 0.6) is 0 Å². The number of hydrogen-bond donors (Lipinski definition) is 2. The molecular weight excluding hydrogens is 515 g/mol. The Hall–Kier alpha value is -2.33. The number of rotatable bonds is 8. The predicted octanol–water partition coefficient (Wildman–Crippen LogP) is 4.02. The highest BCUT2D eigenvalue weighted by Crippen LogP contribution is 2.24. The highest BCUT2D eigenvalue weighted by atomic mass is 127. The Morgan fingerprint density at radius 1 is 1.09 bits per heavy atom. The second kappa shape index (κ2) is 12.6. The van der Waals surface area contributed by atoms with Crippen molar-refractivity contribution in [1.82, 2.24) is 25.3 Å². The van der Waals surface area contributed by atoms with Gasteiger partial charge in [0.1, 0.15) is 5.76 Å². The van der Waals surface area contributed by atoms with Gasteiger partial charge >= 0.3 is 0 Å². The molecule has 1 unspecified atom stereocenters. The molecule has 2 N–H and O–H groups in total. The average molecular weight is 548 g/mol. The van der Waals surface area contributed by atoms with Crippen LogP contribution in [0, 0.1) is 0 Å². The number of piperidine rings is 1. The van der Waals surface area contributed by atoms with Gasteiger partial charge in [-0.15, -0.1) is 24.0 Å². The first-order valence-electron chi connectivity index (χ1n) is 11.1. The molecule has 1 atom stereocenters. The lowest BCUT2D eigenvalue weighted by Crippen LogP contribution is -2.44. The Balaban J connectivity index is 0.00000289. The van der Waals surface area contributed by atoms with Crippen LogP contribution in [0.15, 0.2) is 70.5 Å². The van der Waals surface area contributed by atoms with E-state index in [1.807, 2.05) is 30.1 Å². The van der Waals surface area contributed by atoms with Crippen molar-refractivity contribution in [3.63, 3.8) is 0 Å². The van der Waals surface area contributed by atoms with E-state index in [0.717, 1.165) is 50.0 Å². The second-order valence-corrected chi connectivity index (χ2v) is 7.87. The molecule has 1 aliphatic rings. The molecule has 8 heteroatoms. The Kier molecular flexibility index (Phi) is 9.61. The summed E-state index contributed by atoms with van der Waals surface area (Å²) in [5.74, 6) is 1.84. The first kappa shape index (κ1) is 24.3. The summed E-state index contributed by atoms with van der Waals surface area (Å²) in [6, 6.07) is 14.7. The minimum absolute atomic E-state index is 0. The number of halogens is 1. The normalized spacial score (nSPS) is 15.7. The van der Waals surface area contributed by atoms with Crippen molar-refractivity contribution >= 4 is 29.9 Å². The minimum atomic E-state index is 0. The summed E-state index contributed by atoms with van der Waals surface area (Å²) >= 11 is 0. The fourth-order valence-electron chi connectivity index (χ4n) is 4.10. The largest absolute Gasteiger partial charge is 0.468 e. The predicted molar refractivity (Wildman–Crippen MR) is 139 cm³/mol. The maximum Gasteiger partial charge on any atom is 0.191 e. The fraction of sp³-hybridized carbons (Fsp3) is 0.417. The van der Waals surface area contributed by atoms with Gasteiger partial charge in [-0.05, 0) is 68.2 Å². The lowest BCUT2D eigenvalue weighted by Gasteiger charge is -2.33. The minimum Gasteiger partial charge on any atom is -0.468 e. The number of likely N-dealkylation sites (tertiary alicyclic amines) is 1. The zero-order chi connectivity index (χ0) is 21.3. The van der Waals surface area contributed by atoms with Crippen LogP contribution in [0.4, 0.5) is 0 Å². The Bertz CT molecular complexity index is 918. The summed E-state index contributed by atoms with van der Waals surface area (Å²) in [5, 5.41) is 11.2. The summed E-state index contributed by atoms with van der Waals surface area (Å²) in [5.41, 5.74) is 2.35. The number of hydrogen-bond acceptors (Lipinski definition) is 4. The Morgan fingerprint density at radius 2 is 1.91 bits per heavy atom. The molecule has 7 nitrogen and oxygen atoms in total. The molecule has 0 spiro atoms. The summed E-state index contributed by atoms with van der Waals surface area (Å²) < 4.78 is 7.61. The van der Waals surface area contributed by atoms with Crippen molar-refractivity contribution in [2.75, 3.05) is 33.2 Å². The number of benzene rings is 1. The standard InChI is InChI=1S/C24H32N6O.HI/c1-25-24(26-14-12-20-8-10-21(11-9-20)30-17-6-13-28-30)27-19-22(23-7-5-18-31-23)29-15-3-2-4-16-29;/h5-11,13,17-18,22H,2-4,12,14-16,19H2,1H3,(H2,25,26,27);1H. The molecule has 4 rings (SSSR count). The summed E-state index contributed by atoms with van der Waals surface area (Å²) in [7, 11) is 1.82. The monoisotopic (exact) mass is 548 g/mol. The third-order valence-electron chi connectivity index (χ3n) is 5.80. The van der Waals surface area contributed by atoms with Gasteiger partial charge in [-0.2, -0.15) is 5.10 Å². The molecule has 172 valence electrons. The molecule has 1 fully saturated rings. The lowest BCUT2D eigenvalue weighted by molar-refractivity contribution is 0.146. The maximum absolute atomic E-state index is 5.74. The van der Waals surface area contributed by atoms with E-state index in [0.29, 0.717) is 0 Å². The van der Waals surface area contributed by atoms with Crippen LogP contribution in [0.3, 0.4) is 0 Å². The molecule has 0 amide bonds. The second-order valence-electron chi connectivity index (χ2n) is 7.87. The van der Waals surface area contributed by atoms with Crippen molar-refractivity contribution < 1.29 is 4.42 Å². The summed E-state index contributed by atoms with van der Waals surface area (Å²) in [6.45, 7) is 3.82. The average Bonchev–Trinajstić information content (AvgIpc) is 3.54. The molecule has 1 aliphatic heterocycles. The molecule has 32 heavy (non-hydrogen) atoms. The quantitative estimate of drug-likeness (QED) is 0.253. The highest BCUT2D eigenvalue weighted by Gasteiger charge is 2.24. The van der Waals surface area contributed by atoms with Crippen LogP contribution in [0.25, 0.3) is 5.69 Å². The van der Waals surface area contributed by atoms with Crippen molar-refractivity contribution in [3.05, 3.63) is 72.4 Å². The zero-order valence-corrected chi connectivity index (χ0v) is 20.9. The van der Waals surface area contributed by atoms with Gasteiger partial charge in [-0.25, -0.2) is 4.68 Å². The SMILES string of the molecule is CN=C(NCCc1ccc(-n2cccn2)cc1)NCC(c1ccco1)N1CCCCC1.I. The van der Waals surface area contributed by atoms with E-state index >= 15 is 0 Å². The van der Waals surface area contributed by atoms with Crippen LogP contribution in [0.2, 0.25) is 0 Å². The van der Waals surface area contributed by atoms with Crippen LogP contribution in [0.1, 0.15) is 36.6 Å². The molecule has 0 bridgehead atoms. The van der Waals surface area contributed by atoms with Gasteiger partial charge in [0.2, 0.25) is 0 Å². The highest BCUT2D eigenvalue weighted by molar-refractivity contribution is 14.0. The molecular formula is C24H33IN6O. The molecule has 1 saturated heterocycles. The van der Waals surface area contributed by atoms with Gasteiger partial charge < -0.3 is 15.1 Å². The smallest absolute Gasteiger partial charge is 0.191 e. The number of furan rings is 1. The summed E-state index contributed by atoms with van der Waals surface area (Å²) in [6.07, 6.45) is 10.3. The van der Waals surface area contributed by atoms with Crippen LogP contribution in [-0.4, -0.2) is 53.9 Å². The van der Waals surface area contributed by atoms with Gasteiger partial charge in [-0.1, -0.05) is 18.6 Å². The van der Waals surface area contributed by atoms with Crippen molar-refractivity contribution in [3.8, 4) is 5.69 Å². The van der Waals surface area contributed by atoms with Gasteiger partial charge in [0.05, 0.1) is 18.0 Å². The van der Waals surface area contributed by atoms with Gasteiger partial charge in [0.15, 0.2) is 5.96 Å². The van der Waals surface area contributed by atoms with E-state index < -0.39 is 0 Å². The maximum atomic E-state index is 5.74. The Labute approximate surface area is 207 Å². The van der Waals surface area contributed by atoms with Crippen LogP contribution >= 0.6 is 24.0 Å². The molecule has 0 saturated carbocycles. The third-order valence-corrected chi connectivity index (χ3v) is 5.80. The van der Waals surface area contributed by atoms with E-state index in [2.05, 4.69) is 56.0 Å². The van der Waals surface area contributed by atoms with E-state index in [4.69, 9.17) is 4.42 Å². The molecule has 3 aromatic rings. The third kappa shape index (κ3) is 6.59. The molecule has 1 aromatic carbocycles. The van der Waals surface area contributed by atoms with Gasteiger partial charge in [0.25, 0.3) is 0 Å². The van der Waals surface area contributed by atoms with E-state index in [1.165, 1.54) is 24.8 Å². The fourth-order valence-corrected chi connectivity index (χ4v) is 4.10. The van der Waals surface area contributed by atoms with Crippen molar-refractivity contribution in [2.45, 2.75) is 31.7 Å². The van der Waals surface area contributed by atoms with E-state index in [1.54, 1.807) is 12.5 Å². The number of aliphatic imine (C=N–C) groups is 1. The number of aromatic nitrogens is 2. The van der Waals surface area contributed by atoms with Crippen LogP contribution < -0.4 is 10.6 Å². The van der Waals surface area contributed by atoms with Crippen LogP contribution in [-0.2, 0) is 6.42 Å². The van der Waals surface area contributed by atoms with E-state index in [9.17, 15) is 0 Å². The number of nitrogens with one attached hydrogen (secondary N) is 2. The summed E-state index contributed by atoms with van der Waals surface area (Å²) in [4.78, 5) is 6.92. The van der Waals surface area contributed by atoms with Crippen molar-refractivity contribution in [2.24, 2.45) is 4.99 Å². The number of nitrogens with zero attached hydrogens (tertiary/aromatic N) is 4. The molecule has 0 aliphatic carbocycles. The van der Waals surface area contributed by atoms with Gasteiger partial charge in [-0.3, -0.25) is 9.89 Å². The molecule has 0 radical (unpaired) electrons. The van der Waals surface area contributed by atoms with E-state index in [-0.39, 0.29) is 30.0 Å². The molecule has 2 aromatic heterocycles. The number of guanidine groups is 1. The topological polar surface area (TPSA) is 70.6 Å². The van der Waals surface area contributed by atoms with Crippen molar-refractivity contribution in [1.29, 1.82) is 0 Å². The van der Waals surface area contributed by atoms with Gasteiger partial charge in [0, 0.05) is 32.5 Å². The first-order valence-corrected chi connectivity index (χ1v) is 11.1. The zero-order valence-electron chi connectivity index (χ0n) is 18.6. The Morgan fingerprint density at radius 3 is 2.56 bits per heavy atom. The molecule has 3 heterocycles. The lowest BCUT2D eigenvalue weighted by atomic mass is 10.1.